The number of anilines is 1. The summed E-state index contributed by atoms with van der Waals surface area (Å²) >= 11 is 5.97. The Morgan fingerprint density at radius 1 is 1.38 bits per heavy atom. The zero-order valence-electron chi connectivity index (χ0n) is 12.9. The van der Waals surface area contributed by atoms with Crippen LogP contribution in [0.25, 0.3) is 11.0 Å². The highest BCUT2D eigenvalue weighted by molar-refractivity contribution is 7.92. The monoisotopic (exact) mass is 371 g/mol. The fourth-order valence-corrected chi connectivity index (χ4v) is 3.50. The number of benzene rings is 1. The van der Waals surface area contributed by atoms with Gasteiger partial charge in [-0.15, -0.1) is 0 Å². The fourth-order valence-electron chi connectivity index (χ4n) is 2.77. The Labute approximate surface area is 142 Å². The standard InChI is InChI=1S/C13H14ClN5O4S/c1-18-4-3-7-8(6-18)11-9(5-10(7)19(20)21)15-12(14)13(16-11)17-24(2,22)23/h5H,3-4,6H2,1-2H3,(H,16,17). The molecule has 0 bridgehead atoms. The first-order valence-electron chi connectivity index (χ1n) is 6.98. The second kappa shape index (κ2) is 5.80. The zero-order chi connectivity index (χ0) is 17.6. The van der Waals surface area contributed by atoms with Crippen molar-refractivity contribution in [2.24, 2.45) is 0 Å². The summed E-state index contributed by atoms with van der Waals surface area (Å²) < 4.78 is 25.1. The maximum absolute atomic E-state index is 11.4. The highest BCUT2D eigenvalue weighted by atomic mass is 35.5. The average molecular weight is 372 g/mol. The van der Waals surface area contributed by atoms with Crippen LogP contribution in [0.3, 0.4) is 0 Å². The molecule has 0 atom stereocenters. The van der Waals surface area contributed by atoms with E-state index in [-0.39, 0.29) is 22.2 Å². The van der Waals surface area contributed by atoms with Gasteiger partial charge in [-0.05, 0) is 13.5 Å². The van der Waals surface area contributed by atoms with E-state index in [9.17, 15) is 18.5 Å². The van der Waals surface area contributed by atoms with E-state index in [1.165, 1.54) is 6.07 Å². The molecule has 1 aromatic heterocycles. The van der Waals surface area contributed by atoms with Crippen LogP contribution in [-0.4, -0.2) is 48.1 Å². The first-order chi connectivity index (χ1) is 11.2. The number of nitro groups is 1. The molecule has 1 aromatic carbocycles. The Bertz CT molecular complexity index is 963. The molecule has 1 aliphatic rings. The van der Waals surface area contributed by atoms with E-state index >= 15 is 0 Å². The lowest BCUT2D eigenvalue weighted by molar-refractivity contribution is -0.385. The van der Waals surface area contributed by atoms with E-state index in [1.54, 1.807) is 0 Å². The topological polar surface area (TPSA) is 118 Å². The van der Waals surface area contributed by atoms with E-state index in [0.717, 1.165) is 6.26 Å². The number of nitro benzene ring substituents is 1. The van der Waals surface area contributed by atoms with Gasteiger partial charge in [0.25, 0.3) is 5.69 Å². The lowest BCUT2D eigenvalue weighted by atomic mass is 9.96. The van der Waals surface area contributed by atoms with Crippen LogP contribution < -0.4 is 4.72 Å². The van der Waals surface area contributed by atoms with Gasteiger partial charge in [0, 0.05) is 30.3 Å². The van der Waals surface area contributed by atoms with Gasteiger partial charge in [0.15, 0.2) is 11.0 Å². The second-order valence-corrected chi connectivity index (χ2v) is 7.81. The third kappa shape index (κ3) is 3.12. The number of hydrogen-bond acceptors (Lipinski definition) is 7. The second-order valence-electron chi connectivity index (χ2n) is 5.70. The SMILES string of the molecule is CN1CCc2c([N+](=O)[O-])cc3nc(Cl)c(NS(C)(=O)=O)nc3c2C1. The van der Waals surface area contributed by atoms with Gasteiger partial charge in [-0.25, -0.2) is 18.4 Å². The maximum Gasteiger partial charge on any atom is 0.275 e. The molecule has 11 heteroatoms. The van der Waals surface area contributed by atoms with Gasteiger partial charge in [0.1, 0.15) is 0 Å². The maximum atomic E-state index is 11.4. The van der Waals surface area contributed by atoms with Crippen molar-refractivity contribution in [3.05, 3.63) is 32.5 Å². The van der Waals surface area contributed by atoms with Gasteiger partial charge in [-0.1, -0.05) is 11.6 Å². The molecule has 0 spiro atoms. The first kappa shape index (κ1) is 16.8. The third-order valence-corrected chi connectivity index (χ3v) is 4.59. The molecule has 1 aliphatic heterocycles. The van der Waals surface area contributed by atoms with Crippen molar-refractivity contribution in [2.45, 2.75) is 13.0 Å². The normalized spacial score (nSPS) is 15.3. The number of nitrogens with zero attached hydrogens (tertiary/aromatic N) is 4. The molecule has 0 aliphatic carbocycles. The third-order valence-electron chi connectivity index (χ3n) is 3.76. The highest BCUT2D eigenvalue weighted by Crippen LogP contribution is 2.34. The summed E-state index contributed by atoms with van der Waals surface area (Å²) in [4.78, 5) is 21.3. The number of sulfonamides is 1. The molecular formula is C13H14ClN5O4S. The van der Waals surface area contributed by atoms with E-state index in [2.05, 4.69) is 14.7 Å². The number of aromatic nitrogens is 2. The molecule has 3 rings (SSSR count). The molecule has 0 fully saturated rings. The van der Waals surface area contributed by atoms with Crippen molar-refractivity contribution in [3.8, 4) is 0 Å². The molecule has 0 saturated heterocycles. The minimum atomic E-state index is -3.58. The van der Waals surface area contributed by atoms with Crippen molar-refractivity contribution < 1.29 is 13.3 Å². The summed E-state index contributed by atoms with van der Waals surface area (Å²) in [6.45, 7) is 1.15. The number of halogens is 1. The van der Waals surface area contributed by atoms with Gasteiger partial charge in [-0.2, -0.15) is 0 Å². The van der Waals surface area contributed by atoms with Crippen LogP contribution in [0.15, 0.2) is 6.07 Å². The minimum Gasteiger partial charge on any atom is -0.302 e. The quantitative estimate of drug-likeness (QED) is 0.642. The molecular weight excluding hydrogens is 358 g/mol. The molecule has 128 valence electrons. The molecule has 0 amide bonds. The van der Waals surface area contributed by atoms with Gasteiger partial charge >= 0.3 is 0 Å². The van der Waals surface area contributed by atoms with Crippen LogP contribution in [0.5, 0.6) is 0 Å². The van der Waals surface area contributed by atoms with E-state index in [1.807, 2.05) is 11.9 Å². The van der Waals surface area contributed by atoms with Crippen LogP contribution in [0.1, 0.15) is 11.1 Å². The Balaban J connectivity index is 2.30. The highest BCUT2D eigenvalue weighted by Gasteiger charge is 2.27. The minimum absolute atomic E-state index is 0.0141. The number of fused-ring (bicyclic) bond motifs is 3. The van der Waals surface area contributed by atoms with Crippen molar-refractivity contribution in [1.82, 2.24) is 14.9 Å². The molecule has 2 aromatic rings. The van der Waals surface area contributed by atoms with Gasteiger partial charge in [0.2, 0.25) is 10.0 Å². The summed E-state index contributed by atoms with van der Waals surface area (Å²) in [5.41, 5.74) is 1.94. The van der Waals surface area contributed by atoms with Gasteiger partial charge in [-0.3, -0.25) is 14.8 Å². The molecule has 2 heterocycles. The summed E-state index contributed by atoms with van der Waals surface area (Å²) in [5.74, 6) is -0.0871. The molecule has 0 unspecified atom stereocenters. The van der Waals surface area contributed by atoms with Crippen molar-refractivity contribution >= 4 is 44.2 Å². The summed E-state index contributed by atoms with van der Waals surface area (Å²) in [6, 6.07) is 1.34. The first-order valence-corrected chi connectivity index (χ1v) is 9.25. The molecule has 0 radical (unpaired) electrons. The summed E-state index contributed by atoms with van der Waals surface area (Å²) in [5, 5.41) is 11.2. The average Bonchev–Trinajstić information content (AvgIpc) is 2.46. The Morgan fingerprint density at radius 2 is 2.08 bits per heavy atom. The van der Waals surface area contributed by atoms with Crippen molar-refractivity contribution in [2.75, 3.05) is 24.6 Å². The van der Waals surface area contributed by atoms with Crippen LogP contribution in [-0.2, 0) is 23.0 Å². The molecule has 0 saturated carbocycles. The van der Waals surface area contributed by atoms with Gasteiger partial charge in [0.05, 0.1) is 22.2 Å². The van der Waals surface area contributed by atoms with Crippen LogP contribution in [0.2, 0.25) is 5.15 Å². The fraction of sp³-hybridized carbons (Fsp3) is 0.385. The Kier molecular flexibility index (Phi) is 4.06. The van der Waals surface area contributed by atoms with Crippen LogP contribution >= 0.6 is 11.6 Å². The Hall–Kier alpha value is -2.04. The Morgan fingerprint density at radius 3 is 2.71 bits per heavy atom. The van der Waals surface area contributed by atoms with Crippen LogP contribution in [0.4, 0.5) is 11.5 Å². The molecule has 1 N–H and O–H groups in total. The largest absolute Gasteiger partial charge is 0.302 e. The molecule has 24 heavy (non-hydrogen) atoms. The van der Waals surface area contributed by atoms with Crippen molar-refractivity contribution in [3.63, 3.8) is 0 Å². The summed E-state index contributed by atoms with van der Waals surface area (Å²) in [6.07, 6.45) is 1.49. The smallest absolute Gasteiger partial charge is 0.275 e. The summed E-state index contributed by atoms with van der Waals surface area (Å²) in [7, 11) is -1.68. The molecule has 9 nitrogen and oxygen atoms in total. The van der Waals surface area contributed by atoms with Gasteiger partial charge < -0.3 is 4.90 Å². The van der Waals surface area contributed by atoms with E-state index < -0.39 is 14.9 Å². The lowest BCUT2D eigenvalue weighted by Gasteiger charge is -2.25. The lowest BCUT2D eigenvalue weighted by Crippen LogP contribution is -2.27. The van der Waals surface area contributed by atoms with E-state index in [4.69, 9.17) is 11.6 Å². The van der Waals surface area contributed by atoms with Crippen molar-refractivity contribution in [1.29, 1.82) is 0 Å². The van der Waals surface area contributed by atoms with E-state index in [0.29, 0.717) is 36.2 Å². The number of rotatable bonds is 3. The number of hydrogen-bond donors (Lipinski definition) is 1. The predicted octanol–water partition coefficient (Wildman–Crippen LogP) is 1.55. The van der Waals surface area contributed by atoms with Crippen LogP contribution in [0, 0.1) is 10.1 Å². The number of likely N-dealkylation sites (N-methyl/N-ethyl adjacent to an activating group) is 1. The zero-order valence-corrected chi connectivity index (χ0v) is 14.5. The predicted molar refractivity (Wildman–Crippen MR) is 89.7 cm³/mol. The number of nitrogens with one attached hydrogen (secondary N) is 1.